The third-order valence-corrected chi connectivity index (χ3v) is 5.68. The topological polar surface area (TPSA) is 72.5 Å². The van der Waals surface area contributed by atoms with Crippen molar-refractivity contribution in [3.63, 3.8) is 0 Å². The van der Waals surface area contributed by atoms with Gasteiger partial charge < -0.3 is 10.1 Å². The molecular formula is C19H21BrClNO4S. The number of hydrogen-bond acceptors (Lipinski definition) is 4. The van der Waals surface area contributed by atoms with Crippen LogP contribution in [0.4, 0.5) is 5.69 Å². The SMILES string of the molecule is CC(C)COc1ccc(NC(=O)CS(=O)(=O)Cc2cccc(Br)c2)cc1Cl. The van der Waals surface area contributed by atoms with Crippen LogP contribution in [0, 0.1) is 5.92 Å². The number of hydrogen-bond donors (Lipinski definition) is 1. The fourth-order valence-electron chi connectivity index (χ4n) is 2.28. The molecule has 0 spiro atoms. The minimum atomic E-state index is -3.60. The molecule has 0 aliphatic rings. The summed E-state index contributed by atoms with van der Waals surface area (Å²) in [4.78, 5) is 12.1. The second-order valence-corrected chi connectivity index (χ2v) is 9.95. The third-order valence-electron chi connectivity index (χ3n) is 3.41. The number of anilines is 1. The van der Waals surface area contributed by atoms with E-state index in [0.717, 1.165) is 4.47 Å². The zero-order chi connectivity index (χ0) is 20.0. The molecule has 2 aromatic carbocycles. The van der Waals surface area contributed by atoms with Gasteiger partial charge in [0.2, 0.25) is 5.91 Å². The fourth-order valence-corrected chi connectivity index (χ4v) is 4.22. The molecule has 0 bridgehead atoms. The van der Waals surface area contributed by atoms with Crippen molar-refractivity contribution in [2.75, 3.05) is 17.7 Å². The zero-order valence-electron chi connectivity index (χ0n) is 15.0. The van der Waals surface area contributed by atoms with E-state index in [0.29, 0.717) is 34.5 Å². The normalized spacial score (nSPS) is 11.4. The maximum absolute atomic E-state index is 12.3. The number of sulfone groups is 1. The number of carbonyl (C=O) groups excluding carboxylic acids is 1. The summed E-state index contributed by atoms with van der Waals surface area (Å²) in [5, 5.41) is 2.91. The monoisotopic (exact) mass is 473 g/mol. The van der Waals surface area contributed by atoms with Gasteiger partial charge in [0.25, 0.3) is 0 Å². The highest BCUT2D eigenvalue weighted by Gasteiger charge is 2.18. The van der Waals surface area contributed by atoms with E-state index in [2.05, 4.69) is 21.2 Å². The van der Waals surface area contributed by atoms with Crippen LogP contribution in [0.3, 0.4) is 0 Å². The van der Waals surface area contributed by atoms with Gasteiger partial charge in [-0.05, 0) is 41.8 Å². The van der Waals surface area contributed by atoms with Gasteiger partial charge >= 0.3 is 0 Å². The Labute approximate surface area is 173 Å². The molecule has 0 heterocycles. The molecule has 1 amide bonds. The smallest absolute Gasteiger partial charge is 0.239 e. The summed E-state index contributed by atoms with van der Waals surface area (Å²) in [6.45, 7) is 4.58. The second-order valence-electron chi connectivity index (χ2n) is 6.56. The predicted molar refractivity (Wildman–Crippen MR) is 112 cm³/mol. The van der Waals surface area contributed by atoms with E-state index in [9.17, 15) is 13.2 Å². The van der Waals surface area contributed by atoms with Crippen LogP contribution in [0.2, 0.25) is 5.02 Å². The summed E-state index contributed by atoms with van der Waals surface area (Å²) in [6, 6.07) is 11.8. The summed E-state index contributed by atoms with van der Waals surface area (Å²) < 4.78 is 30.9. The zero-order valence-corrected chi connectivity index (χ0v) is 18.2. The predicted octanol–water partition coefficient (Wildman–Crippen LogP) is 4.69. The third kappa shape index (κ3) is 7.52. The lowest BCUT2D eigenvalue weighted by molar-refractivity contribution is -0.113. The highest BCUT2D eigenvalue weighted by atomic mass is 79.9. The lowest BCUT2D eigenvalue weighted by Gasteiger charge is -2.12. The average molecular weight is 475 g/mol. The molecular weight excluding hydrogens is 454 g/mol. The van der Waals surface area contributed by atoms with Crippen LogP contribution in [-0.4, -0.2) is 26.7 Å². The van der Waals surface area contributed by atoms with Crippen LogP contribution in [0.1, 0.15) is 19.4 Å². The average Bonchev–Trinajstić information content (AvgIpc) is 2.52. The summed E-state index contributed by atoms with van der Waals surface area (Å²) in [6.07, 6.45) is 0. The summed E-state index contributed by atoms with van der Waals surface area (Å²) in [5.74, 6) is -0.552. The minimum absolute atomic E-state index is 0.206. The van der Waals surface area contributed by atoms with Crippen LogP contribution in [0.25, 0.3) is 0 Å². The van der Waals surface area contributed by atoms with Crippen LogP contribution in [0.15, 0.2) is 46.9 Å². The van der Waals surface area contributed by atoms with Crippen molar-refractivity contribution in [3.8, 4) is 5.75 Å². The standard InChI is InChI=1S/C19H21BrClNO4S/c1-13(2)10-26-18-7-6-16(9-17(18)21)22-19(23)12-27(24,25)11-14-4-3-5-15(20)8-14/h3-9,13H,10-12H2,1-2H3,(H,22,23). The molecule has 1 N–H and O–H groups in total. The summed E-state index contributed by atoms with van der Waals surface area (Å²) >= 11 is 9.45. The molecule has 146 valence electrons. The quantitative estimate of drug-likeness (QED) is 0.602. The van der Waals surface area contributed by atoms with Crippen molar-refractivity contribution < 1.29 is 17.9 Å². The number of rotatable bonds is 8. The Balaban J connectivity index is 1.97. The van der Waals surface area contributed by atoms with Crippen molar-refractivity contribution in [2.24, 2.45) is 5.92 Å². The van der Waals surface area contributed by atoms with Crippen LogP contribution < -0.4 is 10.1 Å². The number of halogens is 2. The molecule has 5 nitrogen and oxygen atoms in total. The first kappa shape index (κ1) is 21.7. The maximum Gasteiger partial charge on any atom is 0.239 e. The molecule has 0 saturated heterocycles. The van der Waals surface area contributed by atoms with Crippen LogP contribution in [-0.2, 0) is 20.4 Å². The van der Waals surface area contributed by atoms with Gasteiger partial charge in [-0.3, -0.25) is 4.79 Å². The van der Waals surface area contributed by atoms with E-state index < -0.39 is 21.5 Å². The molecule has 8 heteroatoms. The molecule has 0 unspecified atom stereocenters. The second kappa shape index (κ2) is 9.57. The number of amides is 1. The van der Waals surface area contributed by atoms with Gasteiger partial charge in [-0.2, -0.15) is 0 Å². The number of nitrogens with one attached hydrogen (secondary N) is 1. The van der Waals surface area contributed by atoms with Crippen molar-refractivity contribution >= 4 is 49.0 Å². The Morgan fingerprint density at radius 3 is 2.59 bits per heavy atom. The molecule has 0 aliphatic heterocycles. The Bertz CT molecular complexity index is 916. The minimum Gasteiger partial charge on any atom is -0.492 e. The molecule has 0 fully saturated rings. The van der Waals surface area contributed by atoms with Gasteiger partial charge in [0, 0.05) is 10.2 Å². The van der Waals surface area contributed by atoms with E-state index in [-0.39, 0.29) is 5.75 Å². The number of carbonyl (C=O) groups is 1. The van der Waals surface area contributed by atoms with Gasteiger partial charge in [0.05, 0.1) is 17.4 Å². The first-order valence-electron chi connectivity index (χ1n) is 8.32. The van der Waals surface area contributed by atoms with E-state index >= 15 is 0 Å². The van der Waals surface area contributed by atoms with Crippen molar-refractivity contribution in [1.82, 2.24) is 0 Å². The first-order valence-corrected chi connectivity index (χ1v) is 11.3. The molecule has 0 saturated carbocycles. The van der Waals surface area contributed by atoms with Gasteiger partial charge in [-0.1, -0.05) is 53.5 Å². The van der Waals surface area contributed by atoms with Crippen molar-refractivity contribution in [2.45, 2.75) is 19.6 Å². The van der Waals surface area contributed by atoms with Crippen LogP contribution in [0.5, 0.6) is 5.75 Å². The molecule has 2 rings (SSSR count). The summed E-state index contributed by atoms with van der Waals surface area (Å²) in [7, 11) is -3.60. The highest BCUT2D eigenvalue weighted by Crippen LogP contribution is 2.28. The van der Waals surface area contributed by atoms with Crippen molar-refractivity contribution in [1.29, 1.82) is 0 Å². The molecule has 0 radical (unpaired) electrons. The van der Waals surface area contributed by atoms with Gasteiger partial charge in [0.1, 0.15) is 11.5 Å². The van der Waals surface area contributed by atoms with Crippen molar-refractivity contribution in [3.05, 3.63) is 57.5 Å². The molecule has 0 aliphatic carbocycles. The van der Waals surface area contributed by atoms with Gasteiger partial charge in [-0.25, -0.2) is 8.42 Å². The Kier molecular flexibility index (Phi) is 7.70. The van der Waals surface area contributed by atoms with Gasteiger partial charge in [-0.15, -0.1) is 0 Å². The Hall–Kier alpha value is -1.57. The van der Waals surface area contributed by atoms with E-state index in [1.165, 1.54) is 6.07 Å². The maximum atomic E-state index is 12.3. The lowest BCUT2D eigenvalue weighted by atomic mass is 10.2. The van der Waals surface area contributed by atoms with E-state index in [1.807, 2.05) is 13.8 Å². The van der Waals surface area contributed by atoms with E-state index in [4.69, 9.17) is 16.3 Å². The highest BCUT2D eigenvalue weighted by molar-refractivity contribution is 9.10. The van der Waals surface area contributed by atoms with E-state index in [1.54, 1.807) is 36.4 Å². The summed E-state index contributed by atoms with van der Waals surface area (Å²) in [5.41, 5.74) is 1.03. The Morgan fingerprint density at radius 2 is 1.96 bits per heavy atom. The Morgan fingerprint density at radius 1 is 1.22 bits per heavy atom. The fraction of sp³-hybridized carbons (Fsp3) is 0.316. The molecule has 2 aromatic rings. The number of ether oxygens (including phenoxy) is 1. The molecule has 27 heavy (non-hydrogen) atoms. The first-order chi connectivity index (χ1) is 12.6. The lowest BCUT2D eigenvalue weighted by Crippen LogP contribution is -2.24. The molecule has 0 atom stereocenters. The van der Waals surface area contributed by atoms with Gasteiger partial charge in [0.15, 0.2) is 9.84 Å². The van der Waals surface area contributed by atoms with Crippen LogP contribution >= 0.6 is 27.5 Å². The molecule has 0 aromatic heterocycles. The largest absolute Gasteiger partial charge is 0.492 e. The number of benzene rings is 2.